The summed E-state index contributed by atoms with van der Waals surface area (Å²) >= 11 is 1.51. The molecule has 0 radical (unpaired) electrons. The van der Waals surface area contributed by atoms with Crippen molar-refractivity contribution in [1.29, 1.82) is 0 Å². The number of rotatable bonds is 20. The van der Waals surface area contributed by atoms with Crippen LogP contribution in [0.25, 0.3) is 10.6 Å². The van der Waals surface area contributed by atoms with E-state index in [1.165, 1.54) is 54.8 Å². The number of hydrogen-bond donors (Lipinski definition) is 3. The number of hydrogen-bond acceptors (Lipinski definition) is 9. The van der Waals surface area contributed by atoms with Crippen molar-refractivity contribution in [2.24, 2.45) is 5.73 Å². The van der Waals surface area contributed by atoms with Crippen LogP contribution in [0.5, 0.6) is 0 Å². The molecule has 12 heteroatoms. The van der Waals surface area contributed by atoms with Crippen LogP contribution in [-0.4, -0.2) is 40.5 Å². The fourth-order valence-electron chi connectivity index (χ4n) is 6.02. The quantitative estimate of drug-likeness (QED) is 0.0667. The molecule has 3 heterocycles. The molecule has 51 heavy (non-hydrogen) atoms. The summed E-state index contributed by atoms with van der Waals surface area (Å²) in [5, 5.41) is 15.6. The maximum Gasteiger partial charge on any atom is 0.326 e. The van der Waals surface area contributed by atoms with E-state index in [9.17, 15) is 18.3 Å². The number of nitrogens with zero attached hydrogens (tertiary/aromatic N) is 3. The number of carboxylic acid groups (broad SMARTS) is 1. The average molecular weight is 748 g/mol. The van der Waals surface area contributed by atoms with E-state index in [-0.39, 0.29) is 35.4 Å². The van der Waals surface area contributed by atoms with Crippen LogP contribution in [0.1, 0.15) is 74.6 Å². The third-order valence-corrected chi connectivity index (χ3v) is 11.8. The molecule has 0 aliphatic rings. The number of nitrogens with two attached hydrogens (primary N) is 1. The largest absolute Gasteiger partial charge is 0.480 e. The molecule has 0 aliphatic heterocycles. The summed E-state index contributed by atoms with van der Waals surface area (Å²) in [4.78, 5) is 23.3. The number of benzene rings is 2. The molecule has 0 saturated carbocycles. The maximum absolute atomic E-state index is 14.2. The zero-order valence-corrected chi connectivity index (χ0v) is 31.0. The van der Waals surface area contributed by atoms with Gasteiger partial charge in [0.05, 0.1) is 5.69 Å². The highest BCUT2D eigenvalue weighted by atomic mass is 35.5. The zero-order valence-electron chi connectivity index (χ0n) is 28.6. The van der Waals surface area contributed by atoms with Crippen LogP contribution < -0.4 is 11.1 Å². The van der Waals surface area contributed by atoms with Crippen LogP contribution in [-0.2, 0) is 32.3 Å². The normalized spacial score (nSPS) is 13.1. The monoisotopic (exact) mass is 747 g/mol. The van der Waals surface area contributed by atoms with Crippen molar-refractivity contribution in [2.45, 2.75) is 86.6 Å². The van der Waals surface area contributed by atoms with Gasteiger partial charge in [-0.1, -0.05) is 112 Å². The number of aryl methyl sites for hydroxylation is 1. The van der Waals surface area contributed by atoms with Crippen molar-refractivity contribution in [3.05, 3.63) is 126 Å². The summed E-state index contributed by atoms with van der Waals surface area (Å²) in [6.07, 6.45) is 13.3. The number of pyridine rings is 2. The third-order valence-electron chi connectivity index (χ3n) is 8.85. The lowest BCUT2D eigenvalue weighted by Crippen LogP contribution is -2.48. The Hall–Kier alpha value is -4.16. The second kappa shape index (κ2) is 19.4. The molecule has 0 amide bonds. The zero-order chi connectivity index (χ0) is 35.2. The van der Waals surface area contributed by atoms with Crippen LogP contribution in [0.4, 0.5) is 5.82 Å². The molecule has 3 aromatic heterocycles. The Morgan fingerprint density at radius 2 is 1.47 bits per heavy atom. The lowest BCUT2D eigenvalue weighted by molar-refractivity contribution is -0.138. The molecule has 0 spiro atoms. The number of aromatic nitrogens is 3. The molecule has 5 aromatic rings. The molecule has 4 N–H and O–H groups in total. The number of sulfone groups is 1. The van der Waals surface area contributed by atoms with Gasteiger partial charge in [0.25, 0.3) is 0 Å². The van der Waals surface area contributed by atoms with E-state index >= 15 is 0 Å². The van der Waals surface area contributed by atoms with Gasteiger partial charge in [-0.05, 0) is 54.7 Å². The minimum absolute atomic E-state index is 0. The van der Waals surface area contributed by atoms with Gasteiger partial charge >= 0.3 is 5.97 Å². The Bertz CT molecular complexity index is 1880. The lowest BCUT2D eigenvalue weighted by Gasteiger charge is -2.29. The summed E-state index contributed by atoms with van der Waals surface area (Å²) in [5.41, 5.74) is 9.98. The predicted octanol–water partition coefficient (Wildman–Crippen LogP) is 8.47. The van der Waals surface area contributed by atoms with Gasteiger partial charge in [0.1, 0.15) is 16.9 Å². The smallest absolute Gasteiger partial charge is 0.326 e. The summed E-state index contributed by atoms with van der Waals surface area (Å²) in [6.45, 7) is 0. The SMILES string of the molecule is Cl.NC(Cc1ccc(-c2nccs2)cc1)(c1cccc(NC(CCCCCCCCCCc2ccccc2)C(=O)O)n1)S(=O)(=O)c1ccccn1. The number of aliphatic carboxylic acids is 1. The van der Waals surface area contributed by atoms with Crippen molar-refractivity contribution in [1.82, 2.24) is 15.0 Å². The number of carboxylic acids is 1. The topological polar surface area (TPSA) is 148 Å². The lowest BCUT2D eigenvalue weighted by atomic mass is 10.0. The number of carbonyl (C=O) groups is 1. The second-order valence-electron chi connectivity index (χ2n) is 12.6. The highest BCUT2D eigenvalue weighted by molar-refractivity contribution is 7.92. The van der Waals surface area contributed by atoms with E-state index in [0.29, 0.717) is 12.0 Å². The second-order valence-corrected chi connectivity index (χ2v) is 15.6. The summed E-state index contributed by atoms with van der Waals surface area (Å²) in [7, 11) is -4.26. The Morgan fingerprint density at radius 3 is 2.12 bits per heavy atom. The van der Waals surface area contributed by atoms with Gasteiger partial charge in [-0.25, -0.2) is 28.2 Å². The van der Waals surface area contributed by atoms with E-state index < -0.39 is 26.7 Å². The van der Waals surface area contributed by atoms with Gasteiger partial charge < -0.3 is 16.2 Å². The van der Waals surface area contributed by atoms with E-state index in [1.54, 1.807) is 36.5 Å². The van der Waals surface area contributed by atoms with Gasteiger partial charge in [-0.3, -0.25) is 0 Å². The standard InChI is InChI=1S/C39H45N5O4S2.ClH/c40-39(50(47,48)36-21-12-13-26-41-36,29-31-22-24-32(25-23-31)37-42-27-28-49-37)34-19-14-20-35(44-34)43-33(38(45)46)18-11-6-4-2-1-3-5-8-15-30-16-9-7-10-17-30;/h7,9-10,12-14,16-17,19-28,33H,1-6,8,11,15,18,29,40H2,(H,43,44)(H,45,46);1H. The fourth-order valence-corrected chi connectivity index (χ4v) is 8.24. The minimum Gasteiger partial charge on any atom is -0.480 e. The van der Waals surface area contributed by atoms with Gasteiger partial charge in [0.2, 0.25) is 9.84 Å². The molecule has 2 aromatic carbocycles. The third kappa shape index (κ3) is 10.9. The molecule has 5 rings (SSSR count). The van der Waals surface area contributed by atoms with Crippen LogP contribution in [0.15, 0.2) is 114 Å². The molecular formula is C39H46ClN5O4S2. The van der Waals surface area contributed by atoms with E-state index in [1.807, 2.05) is 35.7 Å². The van der Waals surface area contributed by atoms with Crippen molar-refractivity contribution >= 4 is 45.4 Å². The first-order valence-corrected chi connectivity index (χ1v) is 19.6. The summed E-state index contributed by atoms with van der Waals surface area (Å²) in [6, 6.07) is 26.6. The van der Waals surface area contributed by atoms with Gasteiger partial charge in [0, 0.05) is 29.8 Å². The Labute approximate surface area is 311 Å². The molecule has 0 saturated heterocycles. The number of anilines is 1. The predicted molar refractivity (Wildman–Crippen MR) is 207 cm³/mol. The van der Waals surface area contributed by atoms with Crippen molar-refractivity contribution in [3.63, 3.8) is 0 Å². The maximum atomic E-state index is 14.2. The number of thiazole rings is 1. The van der Waals surface area contributed by atoms with Gasteiger partial charge in [-0.15, -0.1) is 23.7 Å². The molecule has 270 valence electrons. The molecular weight excluding hydrogens is 702 g/mol. The van der Waals surface area contributed by atoms with E-state index in [2.05, 4.69) is 44.5 Å². The van der Waals surface area contributed by atoms with Gasteiger partial charge in [0.15, 0.2) is 9.90 Å². The van der Waals surface area contributed by atoms with Crippen molar-refractivity contribution in [2.75, 3.05) is 5.32 Å². The first-order chi connectivity index (χ1) is 24.3. The van der Waals surface area contributed by atoms with Crippen LogP contribution >= 0.6 is 23.7 Å². The average Bonchev–Trinajstić information content (AvgIpc) is 3.68. The summed E-state index contributed by atoms with van der Waals surface area (Å²) in [5.74, 6) is -0.744. The Balaban J connectivity index is 0.00000583. The Morgan fingerprint density at radius 1 is 0.784 bits per heavy atom. The highest BCUT2D eigenvalue weighted by Crippen LogP contribution is 2.34. The van der Waals surface area contributed by atoms with E-state index in [0.717, 1.165) is 42.7 Å². The van der Waals surface area contributed by atoms with Crippen LogP contribution in [0.2, 0.25) is 0 Å². The Kier molecular flexibility index (Phi) is 15.1. The van der Waals surface area contributed by atoms with Crippen molar-refractivity contribution < 1.29 is 18.3 Å². The molecule has 2 unspecified atom stereocenters. The van der Waals surface area contributed by atoms with Gasteiger partial charge in [-0.2, -0.15) is 0 Å². The molecule has 0 fully saturated rings. The molecule has 9 nitrogen and oxygen atoms in total. The van der Waals surface area contributed by atoms with Crippen molar-refractivity contribution in [3.8, 4) is 10.6 Å². The number of nitrogens with one attached hydrogen (secondary N) is 1. The summed E-state index contributed by atoms with van der Waals surface area (Å²) < 4.78 is 28.3. The number of halogens is 1. The highest BCUT2D eigenvalue weighted by Gasteiger charge is 2.45. The van der Waals surface area contributed by atoms with E-state index in [4.69, 9.17) is 5.73 Å². The minimum atomic E-state index is -4.26. The molecule has 2 atom stereocenters. The molecule has 0 bridgehead atoms. The number of unbranched alkanes of at least 4 members (excludes halogenated alkanes) is 7. The van der Waals surface area contributed by atoms with Crippen LogP contribution in [0, 0.1) is 0 Å². The van der Waals surface area contributed by atoms with Crippen LogP contribution in [0.3, 0.4) is 0 Å². The molecule has 0 aliphatic carbocycles. The first kappa shape index (κ1) is 39.6. The first-order valence-electron chi connectivity index (χ1n) is 17.2. The fraction of sp³-hybridized carbons (Fsp3) is 0.333.